The summed E-state index contributed by atoms with van der Waals surface area (Å²) in [7, 11) is 3.73. The SMILES string of the molecule is CN=C(NCCCNS(C)(=O)=O)N(C)Cc1ccc(OC)cc1OC.I. The van der Waals surface area contributed by atoms with Crippen LogP contribution in [0.4, 0.5) is 0 Å². The Kier molecular flexibility index (Phi) is 11.6. The van der Waals surface area contributed by atoms with Crippen molar-refractivity contribution >= 4 is 40.0 Å². The van der Waals surface area contributed by atoms with E-state index in [2.05, 4.69) is 15.0 Å². The zero-order chi connectivity index (χ0) is 18.9. The van der Waals surface area contributed by atoms with Crippen LogP contribution in [0, 0.1) is 0 Å². The third kappa shape index (κ3) is 8.90. The standard InChI is InChI=1S/C16H28N4O4S.HI/c1-17-16(18-9-6-10-19-25(5,21)22)20(2)12-13-7-8-14(23-3)11-15(13)24-4;/h7-8,11,19H,6,9-10,12H2,1-5H3,(H,17,18);1H. The van der Waals surface area contributed by atoms with Gasteiger partial charge < -0.3 is 19.7 Å². The number of guanidine groups is 1. The molecular formula is C16H29IN4O4S. The molecule has 0 heterocycles. The highest BCUT2D eigenvalue weighted by atomic mass is 127. The molecule has 0 aliphatic heterocycles. The summed E-state index contributed by atoms with van der Waals surface area (Å²) in [6.07, 6.45) is 1.81. The second-order valence-electron chi connectivity index (χ2n) is 5.53. The Morgan fingerprint density at radius 3 is 2.46 bits per heavy atom. The van der Waals surface area contributed by atoms with Gasteiger partial charge >= 0.3 is 0 Å². The van der Waals surface area contributed by atoms with Crippen LogP contribution in [0.2, 0.25) is 0 Å². The molecule has 0 saturated carbocycles. The van der Waals surface area contributed by atoms with Crippen LogP contribution in [0.25, 0.3) is 0 Å². The van der Waals surface area contributed by atoms with Crippen molar-refractivity contribution in [2.45, 2.75) is 13.0 Å². The van der Waals surface area contributed by atoms with Gasteiger partial charge in [-0.1, -0.05) is 0 Å². The molecule has 0 bridgehead atoms. The first-order valence-corrected chi connectivity index (χ1v) is 9.77. The monoisotopic (exact) mass is 500 g/mol. The molecule has 1 rings (SSSR count). The molecule has 8 nitrogen and oxygen atoms in total. The van der Waals surface area contributed by atoms with E-state index in [1.54, 1.807) is 21.3 Å². The lowest BCUT2D eigenvalue weighted by atomic mass is 10.2. The summed E-state index contributed by atoms with van der Waals surface area (Å²) in [5.74, 6) is 2.21. The van der Waals surface area contributed by atoms with Crippen molar-refractivity contribution in [3.8, 4) is 11.5 Å². The molecule has 150 valence electrons. The predicted molar refractivity (Wildman–Crippen MR) is 115 cm³/mol. The van der Waals surface area contributed by atoms with Gasteiger partial charge in [-0.15, -0.1) is 24.0 Å². The highest BCUT2D eigenvalue weighted by Gasteiger charge is 2.11. The largest absolute Gasteiger partial charge is 0.497 e. The molecular weight excluding hydrogens is 471 g/mol. The highest BCUT2D eigenvalue weighted by Crippen LogP contribution is 2.25. The van der Waals surface area contributed by atoms with Crippen molar-refractivity contribution in [2.75, 3.05) is 47.7 Å². The second kappa shape index (κ2) is 12.2. The molecule has 10 heteroatoms. The van der Waals surface area contributed by atoms with Crippen LogP contribution in [0.15, 0.2) is 23.2 Å². The van der Waals surface area contributed by atoms with Crippen molar-refractivity contribution in [3.05, 3.63) is 23.8 Å². The maximum Gasteiger partial charge on any atom is 0.208 e. The van der Waals surface area contributed by atoms with Crippen molar-refractivity contribution in [2.24, 2.45) is 4.99 Å². The summed E-state index contributed by atoms with van der Waals surface area (Å²) in [5.41, 5.74) is 1.01. The van der Waals surface area contributed by atoms with Crippen LogP contribution in [0.3, 0.4) is 0 Å². The number of nitrogens with zero attached hydrogens (tertiary/aromatic N) is 2. The van der Waals surface area contributed by atoms with Gasteiger partial charge in [-0.05, 0) is 18.6 Å². The summed E-state index contributed by atoms with van der Waals surface area (Å²) in [6, 6.07) is 5.69. The average Bonchev–Trinajstić information content (AvgIpc) is 2.57. The number of aliphatic imine (C=N–C) groups is 1. The van der Waals surface area contributed by atoms with Crippen molar-refractivity contribution in [1.82, 2.24) is 14.9 Å². The van der Waals surface area contributed by atoms with E-state index in [1.165, 1.54) is 0 Å². The number of rotatable bonds is 9. The van der Waals surface area contributed by atoms with E-state index < -0.39 is 10.0 Å². The zero-order valence-corrected chi connectivity index (χ0v) is 19.1. The number of sulfonamides is 1. The summed E-state index contributed by atoms with van der Waals surface area (Å²) < 4.78 is 35.1. The van der Waals surface area contributed by atoms with Gasteiger partial charge in [-0.25, -0.2) is 13.1 Å². The Morgan fingerprint density at radius 2 is 1.92 bits per heavy atom. The number of hydrogen-bond acceptors (Lipinski definition) is 5. The van der Waals surface area contributed by atoms with Gasteiger partial charge in [-0.3, -0.25) is 4.99 Å². The van der Waals surface area contributed by atoms with Crippen LogP contribution in [0.5, 0.6) is 11.5 Å². The fourth-order valence-corrected chi connectivity index (χ4v) is 2.76. The van der Waals surface area contributed by atoms with Gasteiger partial charge in [0.2, 0.25) is 10.0 Å². The number of ether oxygens (including phenoxy) is 2. The second-order valence-corrected chi connectivity index (χ2v) is 7.36. The minimum Gasteiger partial charge on any atom is -0.497 e. The quantitative estimate of drug-likeness (QED) is 0.230. The van der Waals surface area contributed by atoms with Gasteiger partial charge in [0.15, 0.2) is 5.96 Å². The minimum atomic E-state index is -3.14. The van der Waals surface area contributed by atoms with Gasteiger partial charge in [-0.2, -0.15) is 0 Å². The van der Waals surface area contributed by atoms with Crippen LogP contribution in [0.1, 0.15) is 12.0 Å². The summed E-state index contributed by atoms with van der Waals surface area (Å²) in [5, 5.41) is 3.21. The molecule has 26 heavy (non-hydrogen) atoms. The fourth-order valence-electron chi connectivity index (χ4n) is 2.24. The molecule has 0 saturated heterocycles. The molecule has 0 amide bonds. The van der Waals surface area contributed by atoms with Crippen molar-refractivity contribution < 1.29 is 17.9 Å². The first kappa shape index (κ1) is 24.7. The van der Waals surface area contributed by atoms with Crippen LogP contribution < -0.4 is 19.5 Å². The molecule has 0 spiro atoms. The minimum absolute atomic E-state index is 0. The molecule has 0 fully saturated rings. The number of nitrogens with one attached hydrogen (secondary N) is 2. The molecule has 2 N–H and O–H groups in total. The third-order valence-electron chi connectivity index (χ3n) is 3.48. The maximum absolute atomic E-state index is 11.0. The predicted octanol–water partition coefficient (Wildman–Crippen LogP) is 1.27. The van der Waals surface area contributed by atoms with E-state index >= 15 is 0 Å². The lowest BCUT2D eigenvalue weighted by Gasteiger charge is -2.23. The third-order valence-corrected chi connectivity index (χ3v) is 4.20. The highest BCUT2D eigenvalue weighted by molar-refractivity contribution is 14.0. The Hall–Kier alpha value is -1.27. The van der Waals surface area contributed by atoms with Gasteiger partial charge in [0.05, 0.1) is 20.5 Å². The first-order chi connectivity index (χ1) is 11.8. The molecule has 0 radical (unpaired) electrons. The van der Waals surface area contributed by atoms with E-state index in [9.17, 15) is 8.42 Å². The lowest BCUT2D eigenvalue weighted by molar-refractivity contribution is 0.382. The molecule has 0 atom stereocenters. The van der Waals surface area contributed by atoms with E-state index in [0.717, 1.165) is 29.3 Å². The molecule has 1 aromatic carbocycles. The molecule has 0 aromatic heterocycles. The molecule has 0 unspecified atom stereocenters. The molecule has 1 aromatic rings. The number of hydrogen-bond donors (Lipinski definition) is 2. The Morgan fingerprint density at radius 1 is 1.23 bits per heavy atom. The summed E-state index contributed by atoms with van der Waals surface area (Å²) in [4.78, 5) is 6.21. The van der Waals surface area contributed by atoms with E-state index in [-0.39, 0.29) is 24.0 Å². The summed E-state index contributed by atoms with van der Waals surface area (Å²) >= 11 is 0. The molecule has 0 aliphatic carbocycles. The smallest absolute Gasteiger partial charge is 0.208 e. The maximum atomic E-state index is 11.0. The van der Waals surface area contributed by atoms with Gasteiger partial charge in [0, 0.05) is 45.4 Å². The Bertz CT molecular complexity index is 683. The first-order valence-electron chi connectivity index (χ1n) is 7.88. The van der Waals surface area contributed by atoms with Crippen LogP contribution in [-0.2, 0) is 16.6 Å². The van der Waals surface area contributed by atoms with Crippen LogP contribution in [-0.4, -0.2) is 66.9 Å². The zero-order valence-electron chi connectivity index (χ0n) is 15.9. The van der Waals surface area contributed by atoms with Crippen molar-refractivity contribution in [3.63, 3.8) is 0 Å². The number of benzene rings is 1. The fraction of sp³-hybridized carbons (Fsp3) is 0.562. The molecule has 0 aliphatic rings. The number of methoxy groups -OCH3 is 2. The average molecular weight is 500 g/mol. The van der Waals surface area contributed by atoms with E-state index in [1.807, 2.05) is 30.1 Å². The Labute approximate surface area is 173 Å². The van der Waals surface area contributed by atoms with Gasteiger partial charge in [0.25, 0.3) is 0 Å². The Balaban J connectivity index is 0.00000625. The van der Waals surface area contributed by atoms with E-state index in [0.29, 0.717) is 26.1 Å². The van der Waals surface area contributed by atoms with Gasteiger partial charge in [0.1, 0.15) is 11.5 Å². The van der Waals surface area contributed by atoms with E-state index in [4.69, 9.17) is 9.47 Å². The topological polar surface area (TPSA) is 92.3 Å². The van der Waals surface area contributed by atoms with Crippen LogP contribution >= 0.6 is 24.0 Å². The van der Waals surface area contributed by atoms with Crippen molar-refractivity contribution in [1.29, 1.82) is 0 Å². The summed E-state index contributed by atoms with van der Waals surface area (Å²) in [6.45, 7) is 1.60. The lowest BCUT2D eigenvalue weighted by Crippen LogP contribution is -2.39. The number of halogens is 1. The normalized spacial score (nSPS) is 11.5.